The molecule has 1 aliphatic heterocycles. The predicted octanol–water partition coefficient (Wildman–Crippen LogP) is 2.62. The van der Waals surface area contributed by atoms with Crippen LogP contribution in [0.5, 0.6) is 0 Å². The lowest BCUT2D eigenvalue weighted by molar-refractivity contribution is -0.133. The van der Waals surface area contributed by atoms with Gasteiger partial charge in [0.1, 0.15) is 6.04 Å². The first-order valence-electron chi connectivity index (χ1n) is 8.71. The van der Waals surface area contributed by atoms with Gasteiger partial charge in [-0.05, 0) is 43.7 Å². The van der Waals surface area contributed by atoms with Crippen LogP contribution in [0.15, 0.2) is 36.7 Å². The van der Waals surface area contributed by atoms with Crippen LogP contribution in [-0.2, 0) is 11.3 Å². The molecule has 1 amide bonds. The highest BCUT2D eigenvalue weighted by Crippen LogP contribution is 2.28. The molecule has 3 rings (SSSR count). The van der Waals surface area contributed by atoms with Crippen molar-refractivity contribution in [2.75, 3.05) is 13.1 Å². The topological polar surface area (TPSA) is 64.2 Å². The Morgan fingerprint density at radius 3 is 2.54 bits per heavy atom. The maximum absolute atomic E-state index is 12.7. The first-order valence-corrected chi connectivity index (χ1v) is 8.71. The van der Waals surface area contributed by atoms with Gasteiger partial charge in [0.2, 0.25) is 5.91 Å². The summed E-state index contributed by atoms with van der Waals surface area (Å²) < 4.78 is 1.96. The van der Waals surface area contributed by atoms with Gasteiger partial charge in [0.15, 0.2) is 0 Å². The summed E-state index contributed by atoms with van der Waals surface area (Å²) in [6, 6.07) is 7.33. The molecule has 0 spiro atoms. The Morgan fingerprint density at radius 2 is 1.96 bits per heavy atom. The molecule has 0 bridgehead atoms. The zero-order valence-electron chi connectivity index (χ0n) is 14.5. The molecule has 128 valence electrons. The number of likely N-dealkylation sites (tertiary alicyclic amines) is 1. The smallest absolute Gasteiger partial charge is 0.244 e. The summed E-state index contributed by atoms with van der Waals surface area (Å²) in [6.07, 6.45) is 6.04. The van der Waals surface area contributed by atoms with E-state index in [2.05, 4.69) is 18.2 Å². The summed E-state index contributed by atoms with van der Waals surface area (Å²) in [7, 11) is 0. The van der Waals surface area contributed by atoms with Gasteiger partial charge in [0.25, 0.3) is 0 Å². The summed E-state index contributed by atoms with van der Waals surface area (Å²) in [5.41, 5.74) is 9.53. The van der Waals surface area contributed by atoms with Crippen LogP contribution >= 0.6 is 0 Å². The Morgan fingerprint density at radius 1 is 1.29 bits per heavy atom. The van der Waals surface area contributed by atoms with Crippen molar-refractivity contribution < 1.29 is 4.79 Å². The first-order chi connectivity index (χ1) is 11.6. The normalized spacial score (nSPS) is 17.0. The molecule has 5 nitrogen and oxygen atoms in total. The molecular formula is C19H26N4O. The number of hydrogen-bond donors (Lipinski definition) is 1. The fraction of sp³-hybridized carbons (Fsp3) is 0.474. The Labute approximate surface area is 143 Å². The number of rotatable bonds is 4. The van der Waals surface area contributed by atoms with Crippen molar-refractivity contribution in [3.8, 4) is 0 Å². The zero-order chi connectivity index (χ0) is 17.1. The lowest BCUT2D eigenvalue weighted by atomic mass is 9.91. The lowest BCUT2D eigenvalue weighted by Crippen LogP contribution is -2.42. The third-order valence-electron chi connectivity index (χ3n) is 4.96. The summed E-state index contributed by atoms with van der Waals surface area (Å²) >= 11 is 0. The molecule has 1 aromatic carbocycles. The largest absolute Gasteiger partial charge is 0.341 e. The van der Waals surface area contributed by atoms with E-state index in [1.807, 2.05) is 47.0 Å². The molecule has 2 N–H and O–H groups in total. The van der Waals surface area contributed by atoms with Gasteiger partial charge in [0, 0.05) is 25.8 Å². The second kappa shape index (κ2) is 7.18. The summed E-state index contributed by atoms with van der Waals surface area (Å²) in [5.74, 6) is 0.520. The minimum absolute atomic E-state index is 0.0292. The van der Waals surface area contributed by atoms with Crippen LogP contribution in [0.3, 0.4) is 0 Å². The summed E-state index contributed by atoms with van der Waals surface area (Å²) in [5, 5.41) is 4.36. The number of aryl methyl sites for hydroxylation is 2. The van der Waals surface area contributed by atoms with Crippen LogP contribution in [0.4, 0.5) is 0 Å². The van der Waals surface area contributed by atoms with Gasteiger partial charge in [-0.3, -0.25) is 9.48 Å². The molecule has 1 saturated heterocycles. The monoisotopic (exact) mass is 326 g/mol. The summed E-state index contributed by atoms with van der Waals surface area (Å²) in [4.78, 5) is 14.6. The zero-order valence-corrected chi connectivity index (χ0v) is 14.5. The quantitative estimate of drug-likeness (QED) is 0.939. The highest BCUT2D eigenvalue weighted by molar-refractivity contribution is 5.83. The number of amides is 1. The molecule has 0 radical (unpaired) electrons. The lowest BCUT2D eigenvalue weighted by Gasteiger charge is -2.33. The number of aromatic nitrogens is 2. The second-order valence-corrected chi connectivity index (χ2v) is 6.62. The van der Waals surface area contributed by atoms with Crippen LogP contribution in [0.2, 0.25) is 0 Å². The molecule has 1 unspecified atom stereocenters. The molecule has 0 saturated carbocycles. The fourth-order valence-electron chi connectivity index (χ4n) is 3.31. The third-order valence-corrected chi connectivity index (χ3v) is 4.96. The van der Waals surface area contributed by atoms with Crippen LogP contribution in [0.1, 0.15) is 48.4 Å². The molecule has 1 aliphatic rings. The molecule has 0 aliphatic carbocycles. The number of benzene rings is 1. The molecule has 1 atom stereocenters. The van der Waals surface area contributed by atoms with Crippen LogP contribution < -0.4 is 5.73 Å². The van der Waals surface area contributed by atoms with Gasteiger partial charge in [-0.25, -0.2) is 0 Å². The number of carbonyl (C=O) groups excluding carboxylic acids is 1. The molecule has 5 heteroatoms. The van der Waals surface area contributed by atoms with Gasteiger partial charge in [-0.2, -0.15) is 5.10 Å². The number of carbonyl (C=O) groups is 1. The number of piperidine rings is 1. The molecule has 2 aromatic rings. The number of nitrogens with two attached hydrogens (primary N) is 1. The van der Waals surface area contributed by atoms with Crippen LogP contribution in [0, 0.1) is 6.92 Å². The number of nitrogens with zero attached hydrogens (tertiary/aromatic N) is 3. The van der Waals surface area contributed by atoms with Crippen molar-refractivity contribution in [3.63, 3.8) is 0 Å². The fourth-order valence-corrected chi connectivity index (χ4v) is 3.31. The third kappa shape index (κ3) is 3.51. The maximum atomic E-state index is 12.7. The van der Waals surface area contributed by atoms with E-state index in [1.54, 1.807) is 0 Å². The van der Waals surface area contributed by atoms with E-state index in [9.17, 15) is 4.79 Å². The van der Waals surface area contributed by atoms with Crippen LogP contribution in [0.25, 0.3) is 0 Å². The SMILES string of the molecule is CCn1cc(C2CCN(C(=O)C(N)c3ccc(C)cc3)CC2)cn1. The van der Waals surface area contributed by atoms with Gasteiger partial charge in [-0.1, -0.05) is 29.8 Å². The van der Waals surface area contributed by atoms with Gasteiger partial charge in [-0.15, -0.1) is 0 Å². The van der Waals surface area contributed by atoms with E-state index in [4.69, 9.17) is 5.73 Å². The first kappa shape index (κ1) is 16.7. The van der Waals surface area contributed by atoms with E-state index in [1.165, 1.54) is 11.1 Å². The van der Waals surface area contributed by atoms with Crippen molar-refractivity contribution in [2.45, 2.75) is 45.2 Å². The average molecular weight is 326 g/mol. The molecule has 24 heavy (non-hydrogen) atoms. The Kier molecular flexibility index (Phi) is 5.00. The van der Waals surface area contributed by atoms with Crippen molar-refractivity contribution in [1.29, 1.82) is 0 Å². The summed E-state index contributed by atoms with van der Waals surface area (Å²) in [6.45, 7) is 6.54. The van der Waals surface area contributed by atoms with E-state index < -0.39 is 6.04 Å². The standard InChI is InChI=1S/C19H26N4O/c1-3-23-13-17(12-21-23)15-8-10-22(11-9-15)19(24)18(20)16-6-4-14(2)5-7-16/h4-7,12-13,15,18H,3,8-11,20H2,1-2H3. The Bertz CT molecular complexity index is 684. The molecule has 2 heterocycles. The van der Waals surface area contributed by atoms with Crippen LogP contribution in [-0.4, -0.2) is 33.7 Å². The second-order valence-electron chi connectivity index (χ2n) is 6.62. The Balaban J connectivity index is 1.59. The van der Waals surface area contributed by atoms with Crippen molar-refractivity contribution in [2.24, 2.45) is 5.73 Å². The maximum Gasteiger partial charge on any atom is 0.244 e. The minimum Gasteiger partial charge on any atom is -0.341 e. The van der Waals surface area contributed by atoms with E-state index in [0.29, 0.717) is 5.92 Å². The number of hydrogen-bond acceptors (Lipinski definition) is 3. The van der Waals surface area contributed by atoms with Crippen molar-refractivity contribution in [1.82, 2.24) is 14.7 Å². The van der Waals surface area contributed by atoms with Gasteiger partial charge < -0.3 is 10.6 Å². The van der Waals surface area contributed by atoms with Gasteiger partial charge in [0.05, 0.1) is 6.20 Å². The van der Waals surface area contributed by atoms with E-state index >= 15 is 0 Å². The predicted molar refractivity (Wildman–Crippen MR) is 94.6 cm³/mol. The Hall–Kier alpha value is -2.14. The highest BCUT2D eigenvalue weighted by Gasteiger charge is 2.28. The van der Waals surface area contributed by atoms with Crippen molar-refractivity contribution in [3.05, 3.63) is 53.3 Å². The van der Waals surface area contributed by atoms with Crippen molar-refractivity contribution >= 4 is 5.91 Å². The van der Waals surface area contributed by atoms with E-state index in [-0.39, 0.29) is 5.91 Å². The molecule has 1 fully saturated rings. The molecule has 1 aromatic heterocycles. The highest BCUT2D eigenvalue weighted by atomic mass is 16.2. The van der Waals surface area contributed by atoms with E-state index in [0.717, 1.165) is 38.0 Å². The minimum atomic E-state index is -0.565. The molecular weight excluding hydrogens is 300 g/mol. The average Bonchev–Trinajstić information content (AvgIpc) is 3.10. The van der Waals surface area contributed by atoms with Gasteiger partial charge >= 0.3 is 0 Å².